The SMILES string of the molecule is ClCC1CCCN(CC2CCC3(CCCCC3)O2)C1. The minimum absolute atomic E-state index is 0.282. The van der Waals surface area contributed by atoms with Gasteiger partial charge in [-0.15, -0.1) is 11.6 Å². The molecule has 3 heteroatoms. The topological polar surface area (TPSA) is 12.5 Å². The highest BCUT2D eigenvalue weighted by atomic mass is 35.5. The second kappa shape index (κ2) is 6.32. The number of nitrogens with zero attached hydrogens (tertiary/aromatic N) is 1. The molecule has 19 heavy (non-hydrogen) atoms. The lowest BCUT2D eigenvalue weighted by Gasteiger charge is -2.36. The minimum atomic E-state index is 0.282. The highest BCUT2D eigenvalue weighted by Crippen LogP contribution is 2.42. The molecule has 3 rings (SSSR count). The van der Waals surface area contributed by atoms with Gasteiger partial charge in [0.25, 0.3) is 0 Å². The summed E-state index contributed by atoms with van der Waals surface area (Å²) in [6.07, 6.45) is 12.5. The van der Waals surface area contributed by atoms with E-state index in [1.54, 1.807) is 0 Å². The largest absolute Gasteiger partial charge is 0.370 e. The maximum atomic E-state index is 6.49. The van der Waals surface area contributed by atoms with Crippen LogP contribution < -0.4 is 0 Å². The molecule has 2 atom stereocenters. The maximum absolute atomic E-state index is 6.49. The van der Waals surface area contributed by atoms with Crippen molar-refractivity contribution in [2.24, 2.45) is 5.92 Å². The summed E-state index contributed by atoms with van der Waals surface area (Å²) in [6, 6.07) is 0. The average molecular weight is 286 g/mol. The summed E-state index contributed by atoms with van der Waals surface area (Å²) in [5.74, 6) is 1.53. The van der Waals surface area contributed by atoms with Gasteiger partial charge in [0.2, 0.25) is 0 Å². The predicted octanol–water partition coefficient (Wildman–Crippen LogP) is 3.82. The van der Waals surface area contributed by atoms with Gasteiger partial charge in [-0.05, 0) is 51.0 Å². The third-order valence-electron chi connectivity index (χ3n) is 5.39. The second-order valence-corrected chi connectivity index (χ2v) is 7.25. The first-order chi connectivity index (χ1) is 9.30. The Labute approximate surface area is 122 Å². The first-order valence-corrected chi connectivity index (χ1v) is 8.79. The van der Waals surface area contributed by atoms with Crippen LogP contribution in [0, 0.1) is 5.92 Å². The Bertz CT molecular complexity index is 290. The fraction of sp³-hybridized carbons (Fsp3) is 1.00. The highest BCUT2D eigenvalue weighted by Gasteiger charge is 2.41. The van der Waals surface area contributed by atoms with E-state index in [1.165, 1.54) is 70.9 Å². The zero-order chi connectivity index (χ0) is 13.1. The van der Waals surface area contributed by atoms with E-state index < -0.39 is 0 Å². The van der Waals surface area contributed by atoms with Crippen molar-refractivity contribution in [3.8, 4) is 0 Å². The van der Waals surface area contributed by atoms with Gasteiger partial charge in [0.15, 0.2) is 0 Å². The molecule has 110 valence electrons. The van der Waals surface area contributed by atoms with Crippen molar-refractivity contribution in [3.05, 3.63) is 0 Å². The van der Waals surface area contributed by atoms with Crippen LogP contribution in [0.5, 0.6) is 0 Å². The van der Waals surface area contributed by atoms with Crippen LogP contribution in [0.25, 0.3) is 0 Å². The van der Waals surface area contributed by atoms with Crippen molar-refractivity contribution in [1.82, 2.24) is 4.90 Å². The van der Waals surface area contributed by atoms with E-state index in [0.29, 0.717) is 12.0 Å². The number of alkyl halides is 1. The summed E-state index contributed by atoms with van der Waals surface area (Å²) in [5, 5.41) is 0. The van der Waals surface area contributed by atoms with E-state index >= 15 is 0 Å². The van der Waals surface area contributed by atoms with Gasteiger partial charge in [-0.2, -0.15) is 0 Å². The van der Waals surface area contributed by atoms with Gasteiger partial charge in [-0.1, -0.05) is 19.3 Å². The van der Waals surface area contributed by atoms with Crippen LogP contribution in [-0.2, 0) is 4.74 Å². The minimum Gasteiger partial charge on any atom is -0.370 e. The number of likely N-dealkylation sites (tertiary alicyclic amines) is 1. The normalized spacial score (nSPS) is 35.8. The van der Waals surface area contributed by atoms with Crippen molar-refractivity contribution < 1.29 is 4.74 Å². The van der Waals surface area contributed by atoms with Gasteiger partial charge in [-0.25, -0.2) is 0 Å². The summed E-state index contributed by atoms with van der Waals surface area (Å²) >= 11 is 6.02. The molecule has 0 aromatic carbocycles. The molecule has 1 spiro atoms. The second-order valence-electron chi connectivity index (χ2n) is 6.94. The van der Waals surface area contributed by atoms with Crippen LogP contribution in [-0.4, -0.2) is 42.1 Å². The zero-order valence-corrected chi connectivity index (χ0v) is 12.8. The quantitative estimate of drug-likeness (QED) is 0.731. The van der Waals surface area contributed by atoms with Crippen LogP contribution in [0.2, 0.25) is 0 Å². The molecule has 0 aromatic rings. The monoisotopic (exact) mass is 285 g/mol. The number of halogens is 1. The molecule has 0 N–H and O–H groups in total. The van der Waals surface area contributed by atoms with Gasteiger partial charge < -0.3 is 9.64 Å². The van der Waals surface area contributed by atoms with Crippen molar-refractivity contribution in [2.75, 3.05) is 25.5 Å². The number of hydrogen-bond donors (Lipinski definition) is 0. The van der Waals surface area contributed by atoms with Crippen molar-refractivity contribution in [2.45, 2.75) is 69.5 Å². The molecule has 3 fully saturated rings. The third kappa shape index (κ3) is 3.46. The molecule has 2 heterocycles. The molecule has 0 aromatic heterocycles. The summed E-state index contributed by atoms with van der Waals surface area (Å²) in [7, 11) is 0. The Morgan fingerprint density at radius 3 is 2.68 bits per heavy atom. The molecule has 2 nitrogen and oxygen atoms in total. The Morgan fingerprint density at radius 1 is 1.05 bits per heavy atom. The summed E-state index contributed by atoms with van der Waals surface area (Å²) in [4.78, 5) is 2.60. The van der Waals surface area contributed by atoms with E-state index in [1.807, 2.05) is 0 Å². The summed E-state index contributed by atoms with van der Waals surface area (Å²) in [5.41, 5.74) is 0.282. The molecule has 3 aliphatic rings. The number of hydrogen-bond acceptors (Lipinski definition) is 2. The van der Waals surface area contributed by atoms with Crippen LogP contribution in [0.3, 0.4) is 0 Å². The van der Waals surface area contributed by atoms with Gasteiger partial charge in [0.1, 0.15) is 0 Å². The Hall–Kier alpha value is 0.210. The lowest BCUT2D eigenvalue weighted by Crippen LogP contribution is -2.41. The zero-order valence-electron chi connectivity index (χ0n) is 12.1. The highest BCUT2D eigenvalue weighted by molar-refractivity contribution is 6.18. The number of ether oxygens (including phenoxy) is 1. The van der Waals surface area contributed by atoms with Gasteiger partial charge >= 0.3 is 0 Å². The van der Waals surface area contributed by atoms with E-state index in [4.69, 9.17) is 16.3 Å². The van der Waals surface area contributed by atoms with Crippen molar-refractivity contribution in [1.29, 1.82) is 0 Å². The first-order valence-electron chi connectivity index (χ1n) is 8.26. The van der Waals surface area contributed by atoms with E-state index in [9.17, 15) is 0 Å². The Morgan fingerprint density at radius 2 is 1.89 bits per heavy atom. The molecule has 0 radical (unpaired) electrons. The smallest absolute Gasteiger partial charge is 0.0710 e. The van der Waals surface area contributed by atoms with Crippen LogP contribution in [0.4, 0.5) is 0 Å². The Balaban J connectivity index is 1.48. The molecule has 1 aliphatic carbocycles. The Kier molecular flexibility index (Phi) is 4.71. The van der Waals surface area contributed by atoms with E-state index in [0.717, 1.165) is 12.4 Å². The van der Waals surface area contributed by atoms with E-state index in [-0.39, 0.29) is 5.60 Å². The first kappa shape index (κ1) is 14.2. The molecule has 1 saturated carbocycles. The van der Waals surface area contributed by atoms with Crippen molar-refractivity contribution >= 4 is 11.6 Å². The number of piperidine rings is 1. The predicted molar refractivity (Wildman–Crippen MR) is 79.8 cm³/mol. The molecular formula is C16H28ClNO. The van der Waals surface area contributed by atoms with Crippen LogP contribution in [0.1, 0.15) is 57.8 Å². The van der Waals surface area contributed by atoms with Crippen LogP contribution >= 0.6 is 11.6 Å². The molecule has 0 amide bonds. The van der Waals surface area contributed by atoms with E-state index in [2.05, 4.69) is 4.90 Å². The lowest BCUT2D eigenvalue weighted by atomic mass is 9.83. The standard InChI is InChI=1S/C16H28ClNO/c17-11-14-5-4-10-18(12-14)13-15-6-9-16(19-15)7-2-1-3-8-16/h14-15H,1-13H2. The fourth-order valence-electron chi connectivity index (χ4n) is 4.32. The van der Waals surface area contributed by atoms with Gasteiger partial charge in [0.05, 0.1) is 11.7 Å². The molecule has 2 aliphatic heterocycles. The summed E-state index contributed by atoms with van der Waals surface area (Å²) < 4.78 is 6.49. The molecular weight excluding hydrogens is 258 g/mol. The maximum Gasteiger partial charge on any atom is 0.0710 e. The van der Waals surface area contributed by atoms with Gasteiger partial charge in [-0.3, -0.25) is 0 Å². The van der Waals surface area contributed by atoms with Gasteiger partial charge in [0, 0.05) is 19.0 Å². The molecule has 2 saturated heterocycles. The van der Waals surface area contributed by atoms with Crippen LogP contribution in [0.15, 0.2) is 0 Å². The number of rotatable bonds is 3. The summed E-state index contributed by atoms with van der Waals surface area (Å²) in [6.45, 7) is 3.59. The molecule has 2 unspecified atom stereocenters. The molecule has 0 bridgehead atoms. The lowest BCUT2D eigenvalue weighted by molar-refractivity contribution is -0.0738. The third-order valence-corrected chi connectivity index (χ3v) is 5.82. The van der Waals surface area contributed by atoms with Crippen molar-refractivity contribution in [3.63, 3.8) is 0 Å². The fourth-order valence-corrected chi connectivity index (χ4v) is 4.57. The average Bonchev–Trinajstić information content (AvgIpc) is 2.82.